The summed E-state index contributed by atoms with van der Waals surface area (Å²) in [6, 6.07) is 15.5. The summed E-state index contributed by atoms with van der Waals surface area (Å²) >= 11 is 0. The molecule has 116 valence electrons. The Balaban J connectivity index is 2.24. The second-order valence-corrected chi connectivity index (χ2v) is 6.14. The van der Waals surface area contributed by atoms with Gasteiger partial charge in [-0.15, -0.1) is 0 Å². The molecule has 0 aliphatic carbocycles. The molecule has 0 aromatic heterocycles. The van der Waals surface area contributed by atoms with Crippen LogP contribution in [-0.4, -0.2) is 17.2 Å². The molecule has 0 heterocycles. The zero-order valence-corrected chi connectivity index (χ0v) is 13.4. The molecule has 0 amide bonds. The molecule has 0 radical (unpaired) electrons. The Morgan fingerprint density at radius 1 is 1.05 bits per heavy atom. The van der Waals surface area contributed by atoms with Crippen molar-refractivity contribution in [2.24, 2.45) is 0 Å². The van der Waals surface area contributed by atoms with Crippen molar-refractivity contribution < 1.29 is 14.8 Å². The molecule has 0 atom stereocenters. The summed E-state index contributed by atoms with van der Waals surface area (Å²) < 4.78 is 5.77. The summed E-state index contributed by atoms with van der Waals surface area (Å²) in [4.78, 5) is 0. The number of rotatable bonds is 6. The fourth-order valence-corrected chi connectivity index (χ4v) is 2.24. The second kappa shape index (κ2) is 6.99. The van der Waals surface area contributed by atoms with E-state index in [-0.39, 0.29) is 5.41 Å². The van der Waals surface area contributed by atoms with Gasteiger partial charge < -0.3 is 14.8 Å². The average molecular weight is 298 g/mol. The SMILES string of the molecule is CCC(C)(C)c1ccc(OCc2ccccc2)c(B(O)O)c1. The quantitative estimate of drug-likeness (QED) is 0.806. The Bertz CT molecular complexity index is 609. The smallest absolute Gasteiger partial charge is 0.489 e. The number of hydrogen-bond acceptors (Lipinski definition) is 3. The van der Waals surface area contributed by atoms with Crippen LogP contribution in [0.4, 0.5) is 0 Å². The van der Waals surface area contributed by atoms with Gasteiger partial charge in [-0.25, -0.2) is 0 Å². The van der Waals surface area contributed by atoms with E-state index in [9.17, 15) is 10.0 Å². The fourth-order valence-electron chi connectivity index (χ4n) is 2.24. The van der Waals surface area contributed by atoms with Gasteiger partial charge in [0.25, 0.3) is 0 Å². The van der Waals surface area contributed by atoms with Crippen LogP contribution in [0, 0.1) is 0 Å². The number of benzene rings is 2. The molecule has 0 bridgehead atoms. The Hall–Kier alpha value is -1.78. The van der Waals surface area contributed by atoms with Gasteiger partial charge in [0.15, 0.2) is 0 Å². The molecular formula is C18H23BO3. The molecule has 2 aromatic rings. The van der Waals surface area contributed by atoms with Gasteiger partial charge in [-0.05, 0) is 29.0 Å². The van der Waals surface area contributed by atoms with Gasteiger partial charge in [0, 0.05) is 5.46 Å². The summed E-state index contributed by atoms with van der Waals surface area (Å²) in [7, 11) is -1.54. The van der Waals surface area contributed by atoms with Crippen molar-refractivity contribution in [2.45, 2.75) is 39.2 Å². The number of ether oxygens (including phenoxy) is 1. The van der Waals surface area contributed by atoms with Crippen molar-refractivity contribution in [3.63, 3.8) is 0 Å². The van der Waals surface area contributed by atoms with Gasteiger partial charge in [0.1, 0.15) is 12.4 Å². The molecule has 0 spiro atoms. The number of hydrogen-bond donors (Lipinski definition) is 2. The summed E-state index contributed by atoms with van der Waals surface area (Å²) in [5.74, 6) is 0.509. The Labute approximate surface area is 132 Å². The highest BCUT2D eigenvalue weighted by Crippen LogP contribution is 2.27. The van der Waals surface area contributed by atoms with Crippen LogP contribution < -0.4 is 10.2 Å². The van der Waals surface area contributed by atoms with Crippen LogP contribution in [0.1, 0.15) is 38.3 Å². The van der Waals surface area contributed by atoms with Crippen LogP contribution in [0.25, 0.3) is 0 Å². The lowest BCUT2D eigenvalue weighted by atomic mass is 9.74. The predicted octanol–water partition coefficient (Wildman–Crippen LogP) is 2.63. The van der Waals surface area contributed by atoms with Gasteiger partial charge in [-0.1, -0.05) is 63.2 Å². The average Bonchev–Trinajstić information content (AvgIpc) is 2.53. The van der Waals surface area contributed by atoms with E-state index in [1.807, 2.05) is 48.5 Å². The van der Waals surface area contributed by atoms with Gasteiger partial charge in [0.05, 0.1) is 0 Å². The normalized spacial score (nSPS) is 11.3. The molecule has 2 aromatic carbocycles. The molecule has 22 heavy (non-hydrogen) atoms. The fraction of sp³-hybridized carbons (Fsp3) is 0.333. The second-order valence-electron chi connectivity index (χ2n) is 6.14. The Morgan fingerprint density at radius 3 is 2.32 bits per heavy atom. The zero-order chi connectivity index (χ0) is 16.2. The molecule has 0 fully saturated rings. The Kier molecular flexibility index (Phi) is 5.27. The zero-order valence-electron chi connectivity index (χ0n) is 13.4. The largest absolute Gasteiger partial charge is 0.492 e. The van der Waals surface area contributed by atoms with Crippen molar-refractivity contribution >= 4 is 12.6 Å². The molecule has 3 nitrogen and oxygen atoms in total. The molecule has 0 aliphatic rings. The maximum Gasteiger partial charge on any atom is 0.492 e. The molecule has 0 unspecified atom stereocenters. The lowest BCUT2D eigenvalue weighted by molar-refractivity contribution is 0.306. The van der Waals surface area contributed by atoms with E-state index in [0.717, 1.165) is 17.5 Å². The van der Waals surface area contributed by atoms with E-state index in [2.05, 4.69) is 20.8 Å². The molecule has 0 saturated carbocycles. The summed E-state index contributed by atoms with van der Waals surface area (Å²) in [6.45, 7) is 6.80. The molecule has 2 rings (SSSR count). The van der Waals surface area contributed by atoms with E-state index >= 15 is 0 Å². The van der Waals surface area contributed by atoms with E-state index < -0.39 is 7.12 Å². The first kappa shape index (κ1) is 16.6. The predicted molar refractivity (Wildman–Crippen MR) is 90.4 cm³/mol. The third kappa shape index (κ3) is 3.90. The van der Waals surface area contributed by atoms with Crippen molar-refractivity contribution in [2.75, 3.05) is 0 Å². The molecule has 0 saturated heterocycles. The highest BCUT2D eigenvalue weighted by atomic mass is 16.5. The van der Waals surface area contributed by atoms with Crippen LogP contribution in [0.5, 0.6) is 5.75 Å². The summed E-state index contributed by atoms with van der Waals surface area (Å²) in [5, 5.41) is 19.3. The highest BCUT2D eigenvalue weighted by molar-refractivity contribution is 6.59. The molecule has 0 aliphatic heterocycles. The minimum atomic E-state index is -1.54. The lowest BCUT2D eigenvalue weighted by Crippen LogP contribution is -2.33. The van der Waals surface area contributed by atoms with Gasteiger partial charge in [-0.3, -0.25) is 0 Å². The van der Waals surface area contributed by atoms with E-state index in [1.54, 1.807) is 0 Å². The highest BCUT2D eigenvalue weighted by Gasteiger charge is 2.23. The minimum Gasteiger partial charge on any atom is -0.489 e. The van der Waals surface area contributed by atoms with Crippen LogP contribution >= 0.6 is 0 Å². The summed E-state index contributed by atoms with van der Waals surface area (Å²) in [6.07, 6.45) is 0.970. The topological polar surface area (TPSA) is 49.7 Å². The van der Waals surface area contributed by atoms with Gasteiger partial charge >= 0.3 is 7.12 Å². The van der Waals surface area contributed by atoms with Crippen molar-refractivity contribution in [3.05, 3.63) is 59.7 Å². The van der Waals surface area contributed by atoms with Crippen molar-refractivity contribution in [1.82, 2.24) is 0 Å². The summed E-state index contributed by atoms with van der Waals surface area (Å²) in [5.41, 5.74) is 2.51. The standard InChI is InChI=1S/C18H23BO3/c1-4-18(2,3)15-10-11-17(16(12-15)19(20)21)22-13-14-8-6-5-7-9-14/h5-12,20-21H,4,13H2,1-3H3. The molecular weight excluding hydrogens is 275 g/mol. The van der Waals surface area contributed by atoms with E-state index in [4.69, 9.17) is 4.74 Å². The maximum atomic E-state index is 9.64. The Morgan fingerprint density at radius 2 is 1.73 bits per heavy atom. The van der Waals surface area contributed by atoms with Crippen LogP contribution in [0.15, 0.2) is 48.5 Å². The monoisotopic (exact) mass is 298 g/mol. The minimum absolute atomic E-state index is 0.0123. The first-order valence-corrected chi connectivity index (χ1v) is 7.61. The van der Waals surface area contributed by atoms with E-state index in [1.165, 1.54) is 0 Å². The van der Waals surface area contributed by atoms with Crippen LogP contribution in [0.2, 0.25) is 0 Å². The first-order chi connectivity index (χ1) is 10.4. The van der Waals surface area contributed by atoms with Crippen LogP contribution in [0.3, 0.4) is 0 Å². The molecule has 2 N–H and O–H groups in total. The van der Waals surface area contributed by atoms with Gasteiger partial charge in [0.2, 0.25) is 0 Å². The third-order valence-corrected chi connectivity index (χ3v) is 4.19. The van der Waals surface area contributed by atoms with Gasteiger partial charge in [-0.2, -0.15) is 0 Å². The lowest BCUT2D eigenvalue weighted by Gasteiger charge is -2.25. The van der Waals surface area contributed by atoms with E-state index in [0.29, 0.717) is 17.8 Å². The molecule has 4 heteroatoms. The first-order valence-electron chi connectivity index (χ1n) is 7.61. The van der Waals surface area contributed by atoms with Crippen molar-refractivity contribution in [3.8, 4) is 5.75 Å². The maximum absolute atomic E-state index is 9.64. The van der Waals surface area contributed by atoms with Crippen LogP contribution in [-0.2, 0) is 12.0 Å². The van der Waals surface area contributed by atoms with Crippen molar-refractivity contribution in [1.29, 1.82) is 0 Å². The third-order valence-electron chi connectivity index (χ3n) is 4.19.